The molecule has 1 aliphatic heterocycles. The Labute approximate surface area is 183 Å². The van der Waals surface area contributed by atoms with Gasteiger partial charge in [0.2, 0.25) is 0 Å². The number of amides is 3. The summed E-state index contributed by atoms with van der Waals surface area (Å²) in [5.74, 6) is -1.65. The molecular formula is C24H20FN3O4. The van der Waals surface area contributed by atoms with E-state index in [1.807, 2.05) is 12.2 Å². The first-order valence-corrected chi connectivity index (χ1v) is 10.4. The number of nitrogens with zero attached hydrogens (tertiary/aromatic N) is 2. The Morgan fingerprint density at radius 2 is 1.72 bits per heavy atom. The highest BCUT2D eigenvalue weighted by Gasteiger charge is 2.59. The zero-order valence-corrected chi connectivity index (χ0v) is 17.0. The van der Waals surface area contributed by atoms with Gasteiger partial charge in [0.15, 0.2) is 6.61 Å². The molecule has 1 saturated heterocycles. The fourth-order valence-corrected chi connectivity index (χ4v) is 4.73. The lowest BCUT2D eigenvalue weighted by Crippen LogP contribution is -2.28. The lowest BCUT2D eigenvalue weighted by molar-refractivity contribution is -0.140. The van der Waals surface area contributed by atoms with Crippen molar-refractivity contribution in [1.29, 1.82) is 0 Å². The first kappa shape index (κ1) is 20.1. The van der Waals surface area contributed by atoms with Crippen LogP contribution in [0.4, 0.5) is 10.1 Å². The number of fused-ring (bicyclic) bond motifs is 5. The molecule has 2 aromatic carbocycles. The SMILES string of the molecule is O=C(COc1ccccc1C=NN1C(=O)C2C3C=CC(C3)C2C1=O)Nc1ccccc1F. The van der Waals surface area contributed by atoms with Crippen LogP contribution in [0, 0.1) is 29.5 Å². The first-order valence-electron chi connectivity index (χ1n) is 10.4. The fraction of sp³-hybridized carbons (Fsp3) is 0.250. The topological polar surface area (TPSA) is 88.1 Å². The highest BCUT2D eigenvalue weighted by Crippen LogP contribution is 2.52. The van der Waals surface area contributed by atoms with Crippen LogP contribution in [0.25, 0.3) is 0 Å². The van der Waals surface area contributed by atoms with Crippen molar-refractivity contribution >= 4 is 29.6 Å². The maximum Gasteiger partial charge on any atom is 0.262 e. The predicted octanol–water partition coefficient (Wildman–Crippen LogP) is 2.98. The van der Waals surface area contributed by atoms with Gasteiger partial charge in [0.05, 0.1) is 23.7 Å². The number of nitrogens with one attached hydrogen (secondary N) is 1. The molecule has 3 aliphatic rings. The normalized spacial score (nSPS) is 25.6. The van der Waals surface area contributed by atoms with Gasteiger partial charge in [0, 0.05) is 5.56 Å². The number of carbonyl (C=O) groups is 3. The number of carbonyl (C=O) groups excluding carboxylic acids is 3. The lowest BCUT2D eigenvalue weighted by Gasteiger charge is -2.13. The van der Waals surface area contributed by atoms with E-state index in [4.69, 9.17) is 4.74 Å². The molecule has 4 unspecified atom stereocenters. The van der Waals surface area contributed by atoms with E-state index < -0.39 is 11.7 Å². The van der Waals surface area contributed by atoms with Gasteiger partial charge >= 0.3 is 0 Å². The number of ether oxygens (including phenoxy) is 1. The van der Waals surface area contributed by atoms with Crippen LogP contribution in [0.15, 0.2) is 65.8 Å². The van der Waals surface area contributed by atoms with E-state index in [0.29, 0.717) is 11.3 Å². The van der Waals surface area contributed by atoms with Crippen molar-refractivity contribution in [1.82, 2.24) is 5.01 Å². The molecule has 2 fully saturated rings. The van der Waals surface area contributed by atoms with Crippen molar-refractivity contribution in [2.24, 2.45) is 28.8 Å². The molecule has 7 nitrogen and oxygen atoms in total. The first-order chi connectivity index (χ1) is 15.5. The van der Waals surface area contributed by atoms with Crippen LogP contribution < -0.4 is 10.1 Å². The quantitative estimate of drug-likeness (QED) is 0.431. The van der Waals surface area contributed by atoms with Crippen LogP contribution in [0.2, 0.25) is 0 Å². The van der Waals surface area contributed by atoms with E-state index in [1.54, 1.807) is 30.3 Å². The van der Waals surface area contributed by atoms with Gasteiger partial charge in [-0.3, -0.25) is 14.4 Å². The number of hydrogen-bond acceptors (Lipinski definition) is 5. The third kappa shape index (κ3) is 3.47. The van der Waals surface area contributed by atoms with Crippen molar-refractivity contribution in [3.05, 3.63) is 72.1 Å². The number of benzene rings is 2. The summed E-state index contributed by atoms with van der Waals surface area (Å²) in [4.78, 5) is 37.6. The molecule has 2 aliphatic carbocycles. The molecule has 32 heavy (non-hydrogen) atoms. The highest BCUT2D eigenvalue weighted by molar-refractivity contribution is 6.07. The van der Waals surface area contributed by atoms with Crippen LogP contribution in [-0.2, 0) is 14.4 Å². The van der Waals surface area contributed by atoms with Gasteiger partial charge in [-0.2, -0.15) is 10.1 Å². The Bertz CT molecular complexity index is 1130. The average molecular weight is 433 g/mol. The standard InChI is InChI=1S/C24H20FN3O4/c25-17-6-2-3-7-18(17)27-20(29)13-32-19-8-4-1-5-16(19)12-26-28-23(30)21-14-9-10-15(11-14)22(21)24(28)31/h1-10,12,14-15,21-22H,11,13H2,(H,27,29). The van der Waals surface area contributed by atoms with Crippen LogP contribution >= 0.6 is 0 Å². The second-order valence-electron chi connectivity index (χ2n) is 8.09. The number of halogens is 1. The lowest BCUT2D eigenvalue weighted by atomic mass is 9.85. The number of allylic oxidation sites excluding steroid dienone is 2. The monoisotopic (exact) mass is 433 g/mol. The van der Waals surface area contributed by atoms with Crippen molar-refractivity contribution in [3.8, 4) is 5.75 Å². The van der Waals surface area contributed by atoms with Gasteiger partial charge in [-0.1, -0.05) is 36.4 Å². The summed E-state index contributed by atoms with van der Waals surface area (Å²) in [6.07, 6.45) is 6.30. The van der Waals surface area contributed by atoms with E-state index in [-0.39, 0.29) is 47.8 Å². The summed E-state index contributed by atoms with van der Waals surface area (Å²) in [5, 5.41) is 7.56. The van der Waals surface area contributed by atoms with Crippen molar-refractivity contribution < 1.29 is 23.5 Å². The summed E-state index contributed by atoms with van der Waals surface area (Å²) in [7, 11) is 0. The zero-order valence-electron chi connectivity index (χ0n) is 17.0. The third-order valence-electron chi connectivity index (χ3n) is 6.19. The molecule has 1 heterocycles. The molecule has 3 amide bonds. The summed E-state index contributed by atoms with van der Waals surface area (Å²) in [6, 6.07) is 12.7. The number of rotatable bonds is 6. The fourth-order valence-electron chi connectivity index (χ4n) is 4.73. The minimum atomic E-state index is -0.540. The Hall–Kier alpha value is -3.81. The summed E-state index contributed by atoms with van der Waals surface area (Å²) in [6.45, 7) is -0.347. The molecule has 0 aromatic heterocycles. The number of para-hydroxylation sites is 2. The summed E-state index contributed by atoms with van der Waals surface area (Å²) in [5.41, 5.74) is 0.570. The summed E-state index contributed by atoms with van der Waals surface area (Å²) < 4.78 is 19.3. The third-order valence-corrected chi connectivity index (χ3v) is 6.19. The van der Waals surface area contributed by atoms with E-state index >= 15 is 0 Å². The van der Waals surface area contributed by atoms with Gasteiger partial charge < -0.3 is 10.1 Å². The second kappa shape index (κ2) is 8.03. The number of anilines is 1. The van der Waals surface area contributed by atoms with Gasteiger partial charge in [-0.25, -0.2) is 4.39 Å². The predicted molar refractivity (Wildman–Crippen MR) is 114 cm³/mol. The van der Waals surface area contributed by atoms with E-state index in [2.05, 4.69) is 10.4 Å². The van der Waals surface area contributed by atoms with Crippen molar-refractivity contribution in [2.45, 2.75) is 6.42 Å². The molecule has 0 radical (unpaired) electrons. The number of hydrogen-bond donors (Lipinski definition) is 1. The zero-order chi connectivity index (χ0) is 22.2. The highest BCUT2D eigenvalue weighted by atomic mass is 19.1. The molecule has 2 aromatic rings. The maximum atomic E-state index is 13.7. The molecule has 162 valence electrons. The Balaban J connectivity index is 1.26. The number of imide groups is 1. The largest absolute Gasteiger partial charge is 0.483 e. The van der Waals surface area contributed by atoms with Gasteiger partial charge in [0.25, 0.3) is 17.7 Å². The molecule has 4 atom stereocenters. The summed E-state index contributed by atoms with van der Waals surface area (Å²) >= 11 is 0. The molecule has 2 bridgehead atoms. The van der Waals surface area contributed by atoms with Crippen LogP contribution in [0.1, 0.15) is 12.0 Å². The molecule has 8 heteroatoms. The van der Waals surface area contributed by atoms with E-state index in [9.17, 15) is 18.8 Å². The molecule has 0 spiro atoms. The van der Waals surface area contributed by atoms with Crippen molar-refractivity contribution in [2.75, 3.05) is 11.9 Å². The smallest absolute Gasteiger partial charge is 0.262 e. The van der Waals surface area contributed by atoms with Crippen LogP contribution in [0.3, 0.4) is 0 Å². The molecule has 1 N–H and O–H groups in total. The van der Waals surface area contributed by atoms with E-state index in [0.717, 1.165) is 11.4 Å². The number of hydrazone groups is 1. The van der Waals surface area contributed by atoms with E-state index in [1.165, 1.54) is 24.4 Å². The molecular weight excluding hydrogens is 413 g/mol. The molecule has 5 rings (SSSR count). The van der Waals surface area contributed by atoms with Gasteiger partial charge in [0.1, 0.15) is 11.6 Å². The minimum absolute atomic E-state index is 0.0658. The minimum Gasteiger partial charge on any atom is -0.483 e. The average Bonchev–Trinajstić information content (AvgIpc) is 3.47. The second-order valence-corrected chi connectivity index (χ2v) is 8.09. The maximum absolute atomic E-state index is 13.7. The Kier molecular flexibility index (Phi) is 5.05. The van der Waals surface area contributed by atoms with Gasteiger partial charge in [-0.05, 0) is 42.5 Å². The molecule has 1 saturated carbocycles. The Morgan fingerprint density at radius 3 is 2.44 bits per heavy atom. The Morgan fingerprint density at radius 1 is 1.06 bits per heavy atom. The van der Waals surface area contributed by atoms with Crippen LogP contribution in [-0.4, -0.2) is 35.6 Å². The van der Waals surface area contributed by atoms with Crippen molar-refractivity contribution in [3.63, 3.8) is 0 Å². The van der Waals surface area contributed by atoms with Crippen LogP contribution in [0.5, 0.6) is 5.75 Å². The van der Waals surface area contributed by atoms with Gasteiger partial charge in [-0.15, -0.1) is 0 Å².